The molecule has 0 atom stereocenters. The summed E-state index contributed by atoms with van der Waals surface area (Å²) >= 11 is 7.52. The van der Waals surface area contributed by atoms with E-state index in [-0.39, 0.29) is 18.0 Å². The molecule has 2 N–H and O–H groups in total. The molecule has 0 unspecified atom stereocenters. The van der Waals surface area contributed by atoms with Gasteiger partial charge in [-0.15, -0.1) is 11.8 Å². The van der Waals surface area contributed by atoms with E-state index < -0.39 is 0 Å². The van der Waals surface area contributed by atoms with Crippen molar-refractivity contribution in [2.24, 2.45) is 0 Å². The molecule has 1 aliphatic rings. The molecule has 0 saturated carbocycles. The Balaban J connectivity index is 1.33. The summed E-state index contributed by atoms with van der Waals surface area (Å²) in [5, 5.41) is 6.71. The van der Waals surface area contributed by atoms with Crippen LogP contribution in [-0.4, -0.2) is 41.7 Å². The number of nitrogens with one attached hydrogen (secondary N) is 2. The first-order valence-electron chi connectivity index (χ1n) is 9.39. The van der Waals surface area contributed by atoms with Gasteiger partial charge in [-0.3, -0.25) is 4.79 Å². The van der Waals surface area contributed by atoms with Crippen molar-refractivity contribution in [2.75, 3.05) is 24.2 Å². The first kappa shape index (κ1) is 20.6. The second kappa shape index (κ2) is 10.4. The van der Waals surface area contributed by atoms with Crippen molar-refractivity contribution in [3.05, 3.63) is 59.6 Å². The number of benzene rings is 2. The van der Waals surface area contributed by atoms with Crippen LogP contribution in [0.2, 0.25) is 5.02 Å². The van der Waals surface area contributed by atoms with Gasteiger partial charge in [0.25, 0.3) is 0 Å². The summed E-state index contributed by atoms with van der Waals surface area (Å²) in [5.41, 5.74) is 0.793. The van der Waals surface area contributed by atoms with Crippen molar-refractivity contribution in [3.8, 4) is 0 Å². The third-order valence-electron chi connectivity index (χ3n) is 4.58. The van der Waals surface area contributed by atoms with Crippen molar-refractivity contribution in [1.82, 2.24) is 10.2 Å². The molecule has 28 heavy (non-hydrogen) atoms. The number of thioether (sulfide) groups is 1. The van der Waals surface area contributed by atoms with E-state index >= 15 is 0 Å². The van der Waals surface area contributed by atoms with Crippen molar-refractivity contribution in [1.29, 1.82) is 0 Å². The highest BCUT2D eigenvalue weighted by Gasteiger charge is 2.23. The Labute approximate surface area is 174 Å². The van der Waals surface area contributed by atoms with Crippen molar-refractivity contribution in [3.63, 3.8) is 0 Å². The van der Waals surface area contributed by atoms with E-state index in [2.05, 4.69) is 10.6 Å². The van der Waals surface area contributed by atoms with Gasteiger partial charge in [-0.25, -0.2) is 4.79 Å². The van der Waals surface area contributed by atoms with Crippen molar-refractivity contribution < 1.29 is 9.59 Å². The number of piperidine rings is 1. The minimum atomic E-state index is -0.0876. The predicted octanol–water partition coefficient (Wildman–Crippen LogP) is 4.63. The van der Waals surface area contributed by atoms with Crippen LogP contribution in [0, 0.1) is 0 Å². The number of carbonyl (C=O) groups is 2. The first-order chi connectivity index (χ1) is 13.6. The molecule has 0 bridgehead atoms. The zero-order valence-corrected chi connectivity index (χ0v) is 17.1. The molecule has 0 aromatic heterocycles. The van der Waals surface area contributed by atoms with Crippen LogP contribution in [0.25, 0.3) is 0 Å². The number of likely N-dealkylation sites (tertiary alicyclic amines) is 1. The molecule has 3 rings (SSSR count). The Bertz CT molecular complexity index is 778. The molecule has 0 aliphatic carbocycles. The molecule has 148 valence electrons. The van der Waals surface area contributed by atoms with Gasteiger partial charge in [0.1, 0.15) is 0 Å². The van der Waals surface area contributed by atoms with E-state index in [0.717, 1.165) is 29.2 Å². The lowest BCUT2D eigenvalue weighted by Gasteiger charge is -2.32. The van der Waals surface area contributed by atoms with Gasteiger partial charge in [-0.05, 0) is 49.2 Å². The molecule has 7 heteroatoms. The number of anilines is 1. The van der Waals surface area contributed by atoms with E-state index in [4.69, 9.17) is 11.6 Å². The second-order valence-corrected chi connectivity index (χ2v) is 8.28. The van der Waals surface area contributed by atoms with Crippen LogP contribution >= 0.6 is 23.4 Å². The number of rotatable bonds is 6. The molecule has 1 fully saturated rings. The highest BCUT2D eigenvalue weighted by Crippen LogP contribution is 2.21. The lowest BCUT2D eigenvalue weighted by Crippen LogP contribution is -2.47. The molecular weight excluding hydrogens is 394 g/mol. The smallest absolute Gasteiger partial charge is 0.321 e. The summed E-state index contributed by atoms with van der Waals surface area (Å²) in [6.07, 6.45) is 2.03. The Kier molecular flexibility index (Phi) is 7.62. The minimum Gasteiger partial charge on any atom is -0.353 e. The highest BCUT2D eigenvalue weighted by molar-refractivity contribution is 7.99. The number of urea groups is 1. The van der Waals surface area contributed by atoms with Gasteiger partial charge < -0.3 is 15.5 Å². The molecule has 0 radical (unpaired) electrons. The summed E-state index contributed by atoms with van der Waals surface area (Å²) in [7, 11) is 0. The van der Waals surface area contributed by atoms with Crippen LogP contribution in [0.5, 0.6) is 0 Å². The monoisotopic (exact) mass is 417 g/mol. The van der Waals surface area contributed by atoms with Gasteiger partial charge in [0.15, 0.2) is 0 Å². The van der Waals surface area contributed by atoms with Gasteiger partial charge in [-0.1, -0.05) is 29.8 Å². The third kappa shape index (κ3) is 6.46. The minimum absolute atomic E-state index is 0.0636. The quantitative estimate of drug-likeness (QED) is 0.673. The van der Waals surface area contributed by atoms with E-state index in [9.17, 15) is 9.59 Å². The maximum atomic E-state index is 12.3. The van der Waals surface area contributed by atoms with E-state index in [0.29, 0.717) is 24.5 Å². The normalized spacial score (nSPS) is 14.5. The topological polar surface area (TPSA) is 61.4 Å². The van der Waals surface area contributed by atoms with Crippen LogP contribution in [-0.2, 0) is 4.79 Å². The van der Waals surface area contributed by atoms with E-state index in [1.807, 2.05) is 54.6 Å². The van der Waals surface area contributed by atoms with Gasteiger partial charge in [0, 0.05) is 46.9 Å². The second-order valence-electron chi connectivity index (χ2n) is 6.68. The number of para-hydroxylation sites is 1. The van der Waals surface area contributed by atoms with Crippen LogP contribution in [0.15, 0.2) is 59.5 Å². The van der Waals surface area contributed by atoms with Gasteiger partial charge in [0.05, 0.1) is 0 Å². The average Bonchev–Trinajstić information content (AvgIpc) is 2.71. The Hall–Kier alpha value is -2.18. The first-order valence-corrected chi connectivity index (χ1v) is 10.8. The summed E-state index contributed by atoms with van der Waals surface area (Å²) in [4.78, 5) is 27.4. The van der Waals surface area contributed by atoms with Crippen LogP contribution in [0.1, 0.15) is 19.3 Å². The fourth-order valence-electron chi connectivity index (χ4n) is 3.04. The molecule has 2 aromatic carbocycles. The molecule has 1 saturated heterocycles. The van der Waals surface area contributed by atoms with Crippen molar-refractivity contribution in [2.45, 2.75) is 30.2 Å². The molecule has 2 aromatic rings. The number of carbonyl (C=O) groups excluding carboxylic acids is 2. The molecule has 1 aliphatic heterocycles. The Morgan fingerprint density at radius 3 is 2.39 bits per heavy atom. The van der Waals surface area contributed by atoms with Crippen LogP contribution in [0.4, 0.5) is 10.5 Å². The molecule has 0 spiro atoms. The SMILES string of the molecule is O=C(CCSc1ccc(Cl)cc1)NC1CCN(C(=O)Nc2ccccc2)CC1. The summed E-state index contributed by atoms with van der Waals surface area (Å²) in [5.74, 6) is 0.792. The van der Waals surface area contributed by atoms with E-state index in [1.165, 1.54) is 0 Å². The third-order valence-corrected chi connectivity index (χ3v) is 5.85. The Morgan fingerprint density at radius 1 is 1.04 bits per heavy atom. The molecule has 3 amide bonds. The molecule has 5 nitrogen and oxygen atoms in total. The van der Waals surface area contributed by atoms with Crippen molar-refractivity contribution >= 4 is 41.0 Å². The lowest BCUT2D eigenvalue weighted by molar-refractivity contribution is -0.121. The Morgan fingerprint density at radius 2 is 1.71 bits per heavy atom. The maximum absolute atomic E-state index is 12.3. The summed E-state index contributed by atoms with van der Waals surface area (Å²) < 4.78 is 0. The summed E-state index contributed by atoms with van der Waals surface area (Å²) in [6.45, 7) is 1.28. The maximum Gasteiger partial charge on any atom is 0.321 e. The lowest BCUT2D eigenvalue weighted by atomic mass is 10.1. The largest absolute Gasteiger partial charge is 0.353 e. The van der Waals surface area contributed by atoms with Gasteiger partial charge in [-0.2, -0.15) is 0 Å². The zero-order valence-electron chi connectivity index (χ0n) is 15.6. The number of hydrogen-bond acceptors (Lipinski definition) is 3. The van der Waals surface area contributed by atoms with Crippen LogP contribution in [0.3, 0.4) is 0 Å². The average molecular weight is 418 g/mol. The number of amides is 3. The molecular formula is C21H24ClN3O2S. The van der Waals surface area contributed by atoms with Crippen LogP contribution < -0.4 is 10.6 Å². The zero-order chi connectivity index (χ0) is 19.8. The summed E-state index contributed by atoms with van der Waals surface area (Å²) in [6, 6.07) is 17.1. The number of hydrogen-bond donors (Lipinski definition) is 2. The predicted molar refractivity (Wildman–Crippen MR) is 115 cm³/mol. The fraction of sp³-hybridized carbons (Fsp3) is 0.333. The van der Waals surface area contributed by atoms with Gasteiger partial charge in [0.2, 0.25) is 5.91 Å². The number of halogens is 1. The standard InChI is InChI=1S/C21H24ClN3O2S/c22-16-6-8-19(9-7-16)28-15-12-20(26)23-18-10-13-25(14-11-18)21(27)24-17-4-2-1-3-5-17/h1-9,18H,10-15H2,(H,23,26)(H,24,27). The molecule has 1 heterocycles. The van der Waals surface area contributed by atoms with Gasteiger partial charge >= 0.3 is 6.03 Å². The highest BCUT2D eigenvalue weighted by atomic mass is 35.5. The fourth-order valence-corrected chi connectivity index (χ4v) is 4.02. The van der Waals surface area contributed by atoms with E-state index in [1.54, 1.807) is 16.7 Å². The number of nitrogens with zero attached hydrogens (tertiary/aromatic N) is 1.